The minimum atomic E-state index is -0.435. The normalized spacial score (nSPS) is 22.7. The van der Waals surface area contributed by atoms with Gasteiger partial charge in [-0.15, -0.1) is 0 Å². The van der Waals surface area contributed by atoms with Gasteiger partial charge in [-0.05, 0) is 42.9 Å². The molecule has 1 amide bonds. The minimum absolute atomic E-state index is 0.0405. The molecule has 0 bridgehead atoms. The first-order valence-corrected chi connectivity index (χ1v) is 7.52. The van der Waals surface area contributed by atoms with E-state index in [1.54, 1.807) is 12.0 Å². The molecule has 114 valence electrons. The maximum Gasteiger partial charge on any atom is 0.270 e. The third-order valence-electron chi connectivity index (χ3n) is 4.23. The molecular weight excluding hydrogens is 268 g/mol. The molecule has 1 aliphatic carbocycles. The second kappa shape index (κ2) is 5.66. The molecular formula is C16H22N2O3. The number of ether oxygens (including phenoxy) is 2. The summed E-state index contributed by atoms with van der Waals surface area (Å²) in [5, 5.41) is 0. The molecule has 1 heterocycles. The lowest BCUT2D eigenvalue weighted by Crippen LogP contribution is -2.46. The molecule has 2 aliphatic rings. The summed E-state index contributed by atoms with van der Waals surface area (Å²) >= 11 is 0. The second-order valence-corrected chi connectivity index (χ2v) is 5.79. The van der Waals surface area contributed by atoms with E-state index in [1.165, 1.54) is 12.8 Å². The molecule has 2 unspecified atom stereocenters. The maximum absolute atomic E-state index is 12.4. The van der Waals surface area contributed by atoms with Gasteiger partial charge in [-0.25, -0.2) is 0 Å². The van der Waals surface area contributed by atoms with Gasteiger partial charge in [0.05, 0.1) is 5.69 Å². The number of anilines is 1. The number of carbonyl (C=O) groups is 1. The topological polar surface area (TPSA) is 64.8 Å². The summed E-state index contributed by atoms with van der Waals surface area (Å²) in [5.41, 5.74) is 8.09. The molecule has 0 spiro atoms. The Hall–Kier alpha value is -1.59. The highest BCUT2D eigenvalue weighted by Crippen LogP contribution is 2.42. The molecule has 2 N–H and O–H groups in total. The molecule has 21 heavy (non-hydrogen) atoms. The molecule has 3 rings (SSSR count). The van der Waals surface area contributed by atoms with Crippen LogP contribution in [-0.4, -0.2) is 25.9 Å². The number of hydrogen-bond acceptors (Lipinski definition) is 4. The molecule has 5 heteroatoms. The zero-order valence-electron chi connectivity index (χ0n) is 12.5. The van der Waals surface area contributed by atoms with Gasteiger partial charge in [0, 0.05) is 13.2 Å². The Bertz CT molecular complexity index is 542. The van der Waals surface area contributed by atoms with E-state index >= 15 is 0 Å². The Kier molecular flexibility index (Phi) is 3.87. The van der Waals surface area contributed by atoms with E-state index in [0.29, 0.717) is 12.3 Å². The van der Waals surface area contributed by atoms with E-state index < -0.39 is 6.10 Å². The van der Waals surface area contributed by atoms with Crippen LogP contribution in [0.25, 0.3) is 0 Å². The van der Waals surface area contributed by atoms with Crippen molar-refractivity contribution in [1.82, 2.24) is 0 Å². The summed E-state index contributed by atoms with van der Waals surface area (Å²) in [5.74, 6) is 1.25. The third-order valence-corrected chi connectivity index (χ3v) is 4.23. The highest BCUT2D eigenvalue weighted by Gasteiger charge is 2.35. The summed E-state index contributed by atoms with van der Waals surface area (Å²) in [6, 6.07) is 5.94. The van der Waals surface area contributed by atoms with Crippen LogP contribution in [0.3, 0.4) is 0 Å². The fraction of sp³-hybridized carbons (Fsp3) is 0.562. The lowest BCUT2D eigenvalue weighted by atomic mass is 10.0. The van der Waals surface area contributed by atoms with Gasteiger partial charge in [0.15, 0.2) is 6.10 Å². The number of carbonyl (C=O) groups excluding carboxylic acids is 1. The number of benzene rings is 1. The fourth-order valence-electron chi connectivity index (χ4n) is 2.80. The molecule has 1 saturated carbocycles. The largest absolute Gasteiger partial charge is 0.478 e. The van der Waals surface area contributed by atoms with Crippen LogP contribution in [0.2, 0.25) is 0 Å². The van der Waals surface area contributed by atoms with Gasteiger partial charge in [0.25, 0.3) is 5.91 Å². The molecule has 0 saturated heterocycles. The minimum Gasteiger partial charge on any atom is -0.478 e. The zero-order chi connectivity index (χ0) is 15.0. The van der Waals surface area contributed by atoms with Crippen molar-refractivity contribution in [3.05, 3.63) is 23.8 Å². The van der Waals surface area contributed by atoms with Crippen molar-refractivity contribution < 1.29 is 14.3 Å². The van der Waals surface area contributed by atoms with Crippen LogP contribution in [-0.2, 0) is 9.53 Å². The standard InChI is InChI=1S/C16H22N2O3/c1-3-13-16(19)18(9-20-2)12-8-11(6-7-14(12)21-13)15(17)10-4-5-10/h6-8,10,13,15H,3-5,9,17H2,1-2H3. The van der Waals surface area contributed by atoms with Crippen molar-refractivity contribution in [2.45, 2.75) is 38.3 Å². The summed E-state index contributed by atoms with van der Waals surface area (Å²) in [4.78, 5) is 14.1. The Balaban J connectivity index is 1.95. The first-order chi connectivity index (χ1) is 10.2. The number of nitrogens with zero attached hydrogens (tertiary/aromatic N) is 1. The van der Waals surface area contributed by atoms with Crippen molar-refractivity contribution >= 4 is 11.6 Å². The van der Waals surface area contributed by atoms with Gasteiger partial charge >= 0.3 is 0 Å². The molecule has 1 aromatic rings. The molecule has 1 aliphatic heterocycles. The average Bonchev–Trinajstić information content (AvgIpc) is 3.33. The smallest absolute Gasteiger partial charge is 0.270 e. The third kappa shape index (κ3) is 2.63. The van der Waals surface area contributed by atoms with Crippen LogP contribution >= 0.6 is 0 Å². The van der Waals surface area contributed by atoms with Gasteiger partial charge in [0.1, 0.15) is 12.5 Å². The van der Waals surface area contributed by atoms with Gasteiger partial charge in [-0.1, -0.05) is 13.0 Å². The van der Waals surface area contributed by atoms with Crippen LogP contribution in [0, 0.1) is 5.92 Å². The van der Waals surface area contributed by atoms with Crippen LogP contribution in [0.1, 0.15) is 37.8 Å². The van der Waals surface area contributed by atoms with E-state index in [4.69, 9.17) is 15.2 Å². The Morgan fingerprint density at radius 2 is 2.24 bits per heavy atom. The molecule has 2 atom stereocenters. The maximum atomic E-state index is 12.4. The average molecular weight is 290 g/mol. The molecule has 1 fully saturated rings. The van der Waals surface area contributed by atoms with Crippen molar-refractivity contribution in [3.8, 4) is 5.75 Å². The predicted molar refractivity (Wildman–Crippen MR) is 80.2 cm³/mol. The molecule has 0 aromatic heterocycles. The Morgan fingerprint density at radius 1 is 1.48 bits per heavy atom. The quantitative estimate of drug-likeness (QED) is 0.903. The number of nitrogens with two attached hydrogens (primary N) is 1. The van der Waals surface area contributed by atoms with Gasteiger partial charge in [-0.3, -0.25) is 9.69 Å². The predicted octanol–water partition coefficient (Wildman–Crippen LogP) is 2.20. The highest BCUT2D eigenvalue weighted by atomic mass is 16.5. The van der Waals surface area contributed by atoms with Crippen molar-refractivity contribution in [1.29, 1.82) is 0 Å². The van der Waals surface area contributed by atoms with E-state index in [-0.39, 0.29) is 18.7 Å². The number of fused-ring (bicyclic) bond motifs is 1. The van der Waals surface area contributed by atoms with E-state index in [9.17, 15) is 4.79 Å². The lowest BCUT2D eigenvalue weighted by molar-refractivity contribution is -0.127. The van der Waals surface area contributed by atoms with E-state index in [0.717, 1.165) is 17.0 Å². The Labute approximate surface area is 125 Å². The summed E-state index contributed by atoms with van der Waals surface area (Å²) in [7, 11) is 1.59. The van der Waals surface area contributed by atoms with Crippen LogP contribution < -0.4 is 15.4 Å². The first-order valence-electron chi connectivity index (χ1n) is 7.52. The molecule has 0 radical (unpaired) electrons. The van der Waals surface area contributed by atoms with Gasteiger partial charge in [-0.2, -0.15) is 0 Å². The van der Waals surface area contributed by atoms with Crippen LogP contribution in [0.5, 0.6) is 5.75 Å². The fourth-order valence-corrected chi connectivity index (χ4v) is 2.80. The van der Waals surface area contributed by atoms with Crippen molar-refractivity contribution in [3.63, 3.8) is 0 Å². The van der Waals surface area contributed by atoms with Crippen molar-refractivity contribution in [2.24, 2.45) is 11.7 Å². The number of hydrogen-bond donors (Lipinski definition) is 1. The second-order valence-electron chi connectivity index (χ2n) is 5.79. The summed E-state index contributed by atoms with van der Waals surface area (Å²) < 4.78 is 11.0. The number of rotatable bonds is 5. The number of methoxy groups -OCH3 is 1. The zero-order valence-corrected chi connectivity index (χ0v) is 12.5. The van der Waals surface area contributed by atoms with Crippen molar-refractivity contribution in [2.75, 3.05) is 18.7 Å². The number of amides is 1. The molecule has 5 nitrogen and oxygen atoms in total. The lowest BCUT2D eigenvalue weighted by Gasteiger charge is -2.34. The first kappa shape index (κ1) is 14.4. The monoisotopic (exact) mass is 290 g/mol. The van der Waals surface area contributed by atoms with E-state index in [2.05, 4.69) is 0 Å². The van der Waals surface area contributed by atoms with Crippen LogP contribution in [0.15, 0.2) is 18.2 Å². The summed E-state index contributed by atoms with van der Waals surface area (Å²) in [6.07, 6.45) is 2.58. The van der Waals surface area contributed by atoms with Gasteiger partial charge < -0.3 is 15.2 Å². The summed E-state index contributed by atoms with van der Waals surface area (Å²) in [6.45, 7) is 2.17. The van der Waals surface area contributed by atoms with E-state index in [1.807, 2.05) is 25.1 Å². The van der Waals surface area contributed by atoms with Crippen LogP contribution in [0.4, 0.5) is 5.69 Å². The molecule has 1 aromatic carbocycles. The SMILES string of the molecule is CCC1Oc2ccc(C(N)C3CC3)cc2N(COC)C1=O. The Morgan fingerprint density at radius 3 is 2.86 bits per heavy atom. The highest BCUT2D eigenvalue weighted by molar-refractivity contribution is 5.99. The van der Waals surface area contributed by atoms with Gasteiger partial charge in [0.2, 0.25) is 0 Å².